The molecule has 1 aliphatic rings. The van der Waals surface area contributed by atoms with E-state index in [1.165, 1.54) is 0 Å². The van der Waals surface area contributed by atoms with Crippen molar-refractivity contribution in [3.05, 3.63) is 45.4 Å². The van der Waals surface area contributed by atoms with Crippen LogP contribution in [0.15, 0.2) is 24.3 Å². The third kappa shape index (κ3) is 4.41. The van der Waals surface area contributed by atoms with E-state index in [-0.39, 0.29) is 18.0 Å². The number of carbonyl (C=O) groups excluding carboxylic acids is 1. The molecule has 1 amide bonds. The molecule has 0 aliphatic carbocycles. The zero-order valence-electron chi connectivity index (χ0n) is 15.5. The minimum atomic E-state index is -0.245. The van der Waals surface area contributed by atoms with E-state index in [0.29, 0.717) is 13.0 Å². The van der Waals surface area contributed by atoms with Crippen LogP contribution in [-0.2, 0) is 17.8 Å². The molecule has 140 valence electrons. The van der Waals surface area contributed by atoms with Crippen molar-refractivity contribution in [2.75, 3.05) is 7.11 Å². The van der Waals surface area contributed by atoms with E-state index >= 15 is 0 Å². The molecular formula is C19H26N4O2S. The van der Waals surface area contributed by atoms with Gasteiger partial charge in [0.1, 0.15) is 11.8 Å². The number of aromatic nitrogens is 1. The predicted octanol–water partition coefficient (Wildman–Crippen LogP) is 2.64. The number of hydrazine groups is 1. The van der Waals surface area contributed by atoms with Crippen molar-refractivity contribution in [1.82, 2.24) is 21.2 Å². The van der Waals surface area contributed by atoms with Crippen molar-refractivity contribution in [3.8, 4) is 5.75 Å². The molecule has 1 aliphatic heterocycles. The number of thiazole rings is 1. The highest BCUT2D eigenvalue weighted by molar-refractivity contribution is 7.11. The largest absolute Gasteiger partial charge is 0.497 e. The number of methoxy groups -OCH3 is 1. The quantitative estimate of drug-likeness (QED) is 0.695. The molecule has 0 spiro atoms. The predicted molar refractivity (Wildman–Crippen MR) is 103 cm³/mol. The van der Waals surface area contributed by atoms with Crippen LogP contribution in [0, 0.1) is 6.92 Å². The van der Waals surface area contributed by atoms with Crippen molar-refractivity contribution in [1.29, 1.82) is 0 Å². The fraction of sp³-hybridized carbons (Fsp3) is 0.474. The van der Waals surface area contributed by atoms with Gasteiger partial charge in [0.15, 0.2) is 0 Å². The lowest BCUT2D eigenvalue weighted by Gasteiger charge is -2.11. The summed E-state index contributed by atoms with van der Waals surface area (Å²) in [5, 5.41) is 4.18. The van der Waals surface area contributed by atoms with Crippen molar-refractivity contribution < 1.29 is 9.53 Å². The van der Waals surface area contributed by atoms with Crippen molar-refractivity contribution in [2.45, 2.75) is 51.7 Å². The summed E-state index contributed by atoms with van der Waals surface area (Å²) in [4.78, 5) is 18.2. The summed E-state index contributed by atoms with van der Waals surface area (Å²) in [6.45, 7) is 4.69. The van der Waals surface area contributed by atoms with Crippen molar-refractivity contribution in [2.24, 2.45) is 0 Å². The molecule has 2 aromatic rings. The second kappa shape index (κ2) is 8.62. The summed E-state index contributed by atoms with van der Waals surface area (Å²) in [5.74, 6) is 0.842. The molecule has 7 heteroatoms. The van der Waals surface area contributed by atoms with E-state index in [1.807, 2.05) is 31.2 Å². The average molecular weight is 375 g/mol. The molecule has 0 radical (unpaired) electrons. The molecule has 26 heavy (non-hydrogen) atoms. The monoisotopic (exact) mass is 374 g/mol. The summed E-state index contributed by atoms with van der Waals surface area (Å²) in [6.07, 6.45) is 2.79. The number of ether oxygens (including phenoxy) is 1. The first-order chi connectivity index (χ1) is 12.6. The SMILES string of the molecule is CCCc1nc(C)c(CNC(=O)C2CC(c3ccc(OC)cc3)NN2)s1. The molecule has 3 N–H and O–H groups in total. The van der Waals surface area contributed by atoms with Gasteiger partial charge in [-0.25, -0.2) is 15.8 Å². The van der Waals surface area contributed by atoms with Gasteiger partial charge in [-0.2, -0.15) is 0 Å². The Kier molecular flexibility index (Phi) is 6.24. The highest BCUT2D eigenvalue weighted by Crippen LogP contribution is 2.24. The maximum atomic E-state index is 12.5. The van der Waals surface area contributed by atoms with E-state index in [1.54, 1.807) is 18.4 Å². The summed E-state index contributed by atoms with van der Waals surface area (Å²) in [7, 11) is 1.65. The summed E-state index contributed by atoms with van der Waals surface area (Å²) >= 11 is 1.70. The van der Waals surface area contributed by atoms with E-state index < -0.39 is 0 Å². The normalized spacial score (nSPS) is 19.5. The molecule has 1 aromatic carbocycles. The maximum absolute atomic E-state index is 12.5. The van der Waals surface area contributed by atoms with E-state index in [4.69, 9.17) is 4.74 Å². The van der Waals surface area contributed by atoms with Gasteiger partial charge in [-0.15, -0.1) is 11.3 Å². The molecule has 1 aromatic heterocycles. The maximum Gasteiger partial charge on any atom is 0.238 e. The fourth-order valence-corrected chi connectivity index (χ4v) is 4.16. The van der Waals surface area contributed by atoms with Crippen LogP contribution in [0.2, 0.25) is 0 Å². The lowest BCUT2D eigenvalue weighted by atomic mass is 10.0. The Morgan fingerprint density at radius 3 is 2.81 bits per heavy atom. The van der Waals surface area contributed by atoms with Gasteiger partial charge < -0.3 is 10.1 Å². The Labute approximate surface area is 158 Å². The highest BCUT2D eigenvalue weighted by atomic mass is 32.1. The van der Waals surface area contributed by atoms with Gasteiger partial charge in [-0.05, 0) is 43.9 Å². The van der Waals surface area contributed by atoms with Crippen LogP contribution < -0.4 is 20.9 Å². The number of hydrogen-bond donors (Lipinski definition) is 3. The molecule has 1 fully saturated rings. The molecule has 6 nitrogen and oxygen atoms in total. The van der Waals surface area contributed by atoms with Crippen molar-refractivity contribution in [3.63, 3.8) is 0 Å². The molecule has 0 bridgehead atoms. The lowest BCUT2D eigenvalue weighted by molar-refractivity contribution is -0.123. The summed E-state index contributed by atoms with van der Waals surface area (Å²) in [6, 6.07) is 7.78. The minimum absolute atomic E-state index is 0.0124. The summed E-state index contributed by atoms with van der Waals surface area (Å²) < 4.78 is 5.19. The van der Waals surface area contributed by atoms with Gasteiger partial charge in [0.05, 0.1) is 24.4 Å². The smallest absolute Gasteiger partial charge is 0.238 e. The lowest BCUT2D eigenvalue weighted by Crippen LogP contribution is -2.42. The van der Waals surface area contributed by atoms with E-state index in [0.717, 1.165) is 39.7 Å². The Bertz CT molecular complexity index is 744. The van der Waals surface area contributed by atoms with Gasteiger partial charge >= 0.3 is 0 Å². The average Bonchev–Trinajstić information content (AvgIpc) is 3.27. The van der Waals surface area contributed by atoms with Crippen LogP contribution in [0.1, 0.15) is 46.9 Å². The number of amides is 1. The molecule has 3 rings (SSSR count). The standard InChI is InChI=1S/C19H26N4O2S/c1-4-5-18-21-12(2)17(26-18)11-20-19(24)16-10-15(22-23-16)13-6-8-14(25-3)9-7-13/h6-9,15-16,22-23H,4-5,10-11H2,1-3H3,(H,20,24). The zero-order chi connectivity index (χ0) is 18.5. The number of benzene rings is 1. The highest BCUT2D eigenvalue weighted by Gasteiger charge is 2.30. The Hall–Kier alpha value is -1.96. The molecule has 2 atom stereocenters. The number of hydrogen-bond acceptors (Lipinski definition) is 6. The third-order valence-corrected chi connectivity index (χ3v) is 5.78. The zero-order valence-corrected chi connectivity index (χ0v) is 16.3. The van der Waals surface area contributed by atoms with Crippen molar-refractivity contribution >= 4 is 17.2 Å². The van der Waals surface area contributed by atoms with Crippen LogP contribution >= 0.6 is 11.3 Å². The topological polar surface area (TPSA) is 75.3 Å². The Balaban J connectivity index is 1.52. The molecule has 2 heterocycles. The van der Waals surface area contributed by atoms with Gasteiger partial charge in [-0.1, -0.05) is 19.1 Å². The first-order valence-corrected chi connectivity index (χ1v) is 9.80. The molecule has 2 unspecified atom stereocenters. The van der Waals surface area contributed by atoms with Gasteiger partial charge in [-0.3, -0.25) is 4.79 Å². The Morgan fingerprint density at radius 1 is 1.35 bits per heavy atom. The van der Waals surface area contributed by atoms with Crippen LogP contribution in [0.25, 0.3) is 0 Å². The van der Waals surface area contributed by atoms with Crippen LogP contribution in [0.3, 0.4) is 0 Å². The van der Waals surface area contributed by atoms with Crippen LogP contribution in [0.4, 0.5) is 0 Å². The van der Waals surface area contributed by atoms with E-state index in [2.05, 4.69) is 28.1 Å². The first kappa shape index (κ1) is 18.8. The van der Waals surface area contributed by atoms with E-state index in [9.17, 15) is 4.79 Å². The number of rotatable bonds is 7. The van der Waals surface area contributed by atoms with Gasteiger partial charge in [0.2, 0.25) is 5.91 Å². The molecular weight excluding hydrogens is 348 g/mol. The fourth-order valence-electron chi connectivity index (χ4n) is 3.05. The van der Waals surface area contributed by atoms with Crippen LogP contribution in [0.5, 0.6) is 5.75 Å². The number of aryl methyl sites for hydroxylation is 2. The summed E-state index contributed by atoms with van der Waals surface area (Å²) in [5.41, 5.74) is 8.47. The van der Waals surface area contributed by atoms with Gasteiger partial charge in [0.25, 0.3) is 0 Å². The Morgan fingerprint density at radius 2 is 2.12 bits per heavy atom. The number of nitrogens with one attached hydrogen (secondary N) is 3. The molecule has 0 saturated carbocycles. The number of carbonyl (C=O) groups is 1. The first-order valence-electron chi connectivity index (χ1n) is 8.98. The van der Waals surface area contributed by atoms with Crippen LogP contribution in [-0.4, -0.2) is 24.0 Å². The second-order valence-electron chi connectivity index (χ2n) is 6.49. The molecule has 1 saturated heterocycles. The minimum Gasteiger partial charge on any atom is -0.497 e. The second-order valence-corrected chi connectivity index (χ2v) is 7.65. The third-order valence-electron chi connectivity index (χ3n) is 4.56. The van der Waals surface area contributed by atoms with Gasteiger partial charge in [0, 0.05) is 10.9 Å². The number of nitrogens with zero attached hydrogens (tertiary/aromatic N) is 1.